The zero-order chi connectivity index (χ0) is 12.8. The summed E-state index contributed by atoms with van der Waals surface area (Å²) in [6, 6.07) is 0.695. The van der Waals surface area contributed by atoms with Gasteiger partial charge in [0, 0.05) is 38.4 Å². The average Bonchev–Trinajstić information content (AvgIpc) is 2.40. The summed E-state index contributed by atoms with van der Waals surface area (Å²) in [5, 5.41) is 3.85. The van der Waals surface area contributed by atoms with Gasteiger partial charge in [-0.1, -0.05) is 19.3 Å². The van der Waals surface area contributed by atoms with Crippen molar-refractivity contribution in [2.75, 3.05) is 33.4 Å². The van der Waals surface area contributed by atoms with Gasteiger partial charge in [-0.25, -0.2) is 0 Å². The Hall–Kier alpha value is -0.120. The number of ether oxygens (including phenoxy) is 1. The number of nitrogens with one attached hydrogen (secondary N) is 1. The Balaban J connectivity index is 1.80. The molecule has 0 aromatic carbocycles. The van der Waals surface area contributed by atoms with Crippen LogP contribution in [0.15, 0.2) is 0 Å². The van der Waals surface area contributed by atoms with Crippen molar-refractivity contribution in [2.24, 2.45) is 0 Å². The van der Waals surface area contributed by atoms with Crippen molar-refractivity contribution in [2.45, 2.75) is 63.5 Å². The van der Waals surface area contributed by atoms with Crippen LogP contribution in [-0.4, -0.2) is 49.8 Å². The summed E-state index contributed by atoms with van der Waals surface area (Å²) in [6.07, 6.45) is 9.50. The van der Waals surface area contributed by atoms with E-state index in [-0.39, 0.29) is 0 Å². The number of rotatable bonds is 5. The molecule has 1 heterocycles. The lowest BCUT2D eigenvalue weighted by Gasteiger charge is -2.49. The summed E-state index contributed by atoms with van der Waals surface area (Å²) in [6.45, 7) is 6.95. The largest absolute Gasteiger partial charge is 0.385 e. The van der Waals surface area contributed by atoms with Gasteiger partial charge in [0.05, 0.1) is 0 Å². The summed E-state index contributed by atoms with van der Waals surface area (Å²) in [7, 11) is 1.80. The lowest BCUT2D eigenvalue weighted by molar-refractivity contribution is 0.0599. The molecule has 1 atom stereocenters. The molecule has 1 unspecified atom stereocenters. The zero-order valence-corrected chi connectivity index (χ0v) is 12.2. The fourth-order valence-electron chi connectivity index (χ4n) is 3.52. The standard InChI is InChI=1S/C15H30N2O/c1-14-12-16-15(8-4-3-5-9-15)13-17(14)10-6-7-11-18-2/h14,16H,3-13H2,1-2H3. The molecule has 1 aliphatic heterocycles. The smallest absolute Gasteiger partial charge is 0.0462 e. The van der Waals surface area contributed by atoms with Gasteiger partial charge in [0.15, 0.2) is 0 Å². The van der Waals surface area contributed by atoms with Crippen LogP contribution in [0.2, 0.25) is 0 Å². The van der Waals surface area contributed by atoms with Gasteiger partial charge < -0.3 is 10.1 Å². The van der Waals surface area contributed by atoms with Crippen molar-refractivity contribution in [3.63, 3.8) is 0 Å². The molecular weight excluding hydrogens is 224 g/mol. The number of hydrogen-bond acceptors (Lipinski definition) is 3. The maximum atomic E-state index is 5.14. The molecule has 106 valence electrons. The first-order chi connectivity index (χ1) is 8.76. The van der Waals surface area contributed by atoms with Crippen LogP contribution in [0.4, 0.5) is 0 Å². The van der Waals surface area contributed by atoms with E-state index in [1.165, 1.54) is 64.6 Å². The molecule has 2 aliphatic rings. The van der Waals surface area contributed by atoms with E-state index in [9.17, 15) is 0 Å². The van der Waals surface area contributed by atoms with Gasteiger partial charge in [-0.2, -0.15) is 0 Å². The summed E-state index contributed by atoms with van der Waals surface area (Å²) in [4.78, 5) is 2.71. The van der Waals surface area contributed by atoms with E-state index < -0.39 is 0 Å². The molecule has 2 fully saturated rings. The van der Waals surface area contributed by atoms with E-state index >= 15 is 0 Å². The van der Waals surface area contributed by atoms with Crippen molar-refractivity contribution in [3.8, 4) is 0 Å². The molecule has 0 aromatic rings. The highest BCUT2D eigenvalue weighted by atomic mass is 16.5. The highest BCUT2D eigenvalue weighted by molar-refractivity contribution is 4.98. The first kappa shape index (κ1) is 14.3. The fourth-order valence-corrected chi connectivity index (χ4v) is 3.52. The monoisotopic (exact) mass is 254 g/mol. The van der Waals surface area contributed by atoms with E-state index in [1.54, 1.807) is 7.11 Å². The molecular formula is C15H30N2O. The Kier molecular flexibility index (Phi) is 5.46. The second-order valence-corrected chi connectivity index (χ2v) is 6.24. The second kappa shape index (κ2) is 6.88. The van der Waals surface area contributed by atoms with Crippen LogP contribution in [0.3, 0.4) is 0 Å². The fraction of sp³-hybridized carbons (Fsp3) is 1.00. The predicted octanol–water partition coefficient (Wildman–Crippen LogP) is 2.41. The van der Waals surface area contributed by atoms with Crippen LogP contribution < -0.4 is 5.32 Å². The minimum atomic E-state index is 0.450. The van der Waals surface area contributed by atoms with E-state index in [0.29, 0.717) is 11.6 Å². The van der Waals surface area contributed by atoms with Crippen molar-refractivity contribution in [1.82, 2.24) is 10.2 Å². The number of nitrogens with zero attached hydrogens (tertiary/aromatic N) is 1. The van der Waals surface area contributed by atoms with Gasteiger partial charge in [-0.3, -0.25) is 4.90 Å². The Morgan fingerprint density at radius 1 is 1.22 bits per heavy atom. The van der Waals surface area contributed by atoms with Crippen molar-refractivity contribution < 1.29 is 4.74 Å². The maximum Gasteiger partial charge on any atom is 0.0462 e. The van der Waals surface area contributed by atoms with E-state index in [1.807, 2.05) is 0 Å². The van der Waals surface area contributed by atoms with Gasteiger partial charge in [-0.15, -0.1) is 0 Å². The summed E-state index contributed by atoms with van der Waals surface area (Å²) in [5.41, 5.74) is 0.450. The van der Waals surface area contributed by atoms with Crippen molar-refractivity contribution in [3.05, 3.63) is 0 Å². The number of unbranched alkanes of at least 4 members (excludes halogenated alkanes) is 1. The molecule has 1 spiro atoms. The maximum absolute atomic E-state index is 5.14. The normalized spacial score (nSPS) is 28.7. The Morgan fingerprint density at radius 3 is 2.72 bits per heavy atom. The molecule has 2 rings (SSSR count). The van der Waals surface area contributed by atoms with Crippen LogP contribution in [0.25, 0.3) is 0 Å². The zero-order valence-electron chi connectivity index (χ0n) is 12.2. The minimum absolute atomic E-state index is 0.450. The van der Waals surface area contributed by atoms with Gasteiger partial charge in [0.2, 0.25) is 0 Å². The van der Waals surface area contributed by atoms with Crippen LogP contribution in [0.5, 0.6) is 0 Å². The molecule has 3 nitrogen and oxygen atoms in total. The molecule has 1 N–H and O–H groups in total. The number of hydrogen-bond donors (Lipinski definition) is 1. The van der Waals surface area contributed by atoms with Crippen LogP contribution in [0.1, 0.15) is 51.9 Å². The Bertz CT molecular complexity index is 239. The van der Waals surface area contributed by atoms with E-state index in [2.05, 4.69) is 17.1 Å². The highest BCUT2D eigenvalue weighted by Crippen LogP contribution is 2.31. The third-order valence-electron chi connectivity index (χ3n) is 4.76. The van der Waals surface area contributed by atoms with Crippen molar-refractivity contribution >= 4 is 0 Å². The summed E-state index contributed by atoms with van der Waals surface area (Å²) in [5.74, 6) is 0. The van der Waals surface area contributed by atoms with Crippen LogP contribution >= 0.6 is 0 Å². The number of piperazine rings is 1. The van der Waals surface area contributed by atoms with Crippen LogP contribution in [-0.2, 0) is 4.74 Å². The molecule has 0 aromatic heterocycles. The number of methoxy groups -OCH3 is 1. The van der Waals surface area contributed by atoms with E-state index in [0.717, 1.165) is 6.61 Å². The summed E-state index contributed by atoms with van der Waals surface area (Å²) >= 11 is 0. The molecule has 18 heavy (non-hydrogen) atoms. The van der Waals surface area contributed by atoms with Gasteiger partial charge in [-0.05, 0) is 39.2 Å². The quantitative estimate of drug-likeness (QED) is 0.763. The Labute approximate surface area is 112 Å². The van der Waals surface area contributed by atoms with Gasteiger partial charge in [0.25, 0.3) is 0 Å². The van der Waals surface area contributed by atoms with E-state index in [4.69, 9.17) is 4.74 Å². The molecule has 3 heteroatoms. The van der Waals surface area contributed by atoms with Crippen molar-refractivity contribution in [1.29, 1.82) is 0 Å². The average molecular weight is 254 g/mol. The second-order valence-electron chi connectivity index (χ2n) is 6.24. The first-order valence-corrected chi connectivity index (χ1v) is 7.74. The molecule has 1 saturated heterocycles. The summed E-state index contributed by atoms with van der Waals surface area (Å²) < 4.78 is 5.14. The molecule has 0 amide bonds. The van der Waals surface area contributed by atoms with Crippen LogP contribution in [0, 0.1) is 0 Å². The van der Waals surface area contributed by atoms with Gasteiger partial charge in [0.1, 0.15) is 0 Å². The Morgan fingerprint density at radius 2 is 2.00 bits per heavy atom. The minimum Gasteiger partial charge on any atom is -0.385 e. The molecule has 0 bridgehead atoms. The first-order valence-electron chi connectivity index (χ1n) is 7.74. The molecule has 1 saturated carbocycles. The SMILES string of the molecule is COCCCCN1CC2(CCCCC2)NCC1C. The van der Waals surface area contributed by atoms with Gasteiger partial charge >= 0.3 is 0 Å². The third-order valence-corrected chi connectivity index (χ3v) is 4.76. The lowest BCUT2D eigenvalue weighted by Crippen LogP contribution is -2.64. The predicted molar refractivity (Wildman–Crippen MR) is 76.0 cm³/mol. The molecule has 0 radical (unpaired) electrons. The molecule has 1 aliphatic carbocycles. The lowest BCUT2D eigenvalue weighted by atomic mass is 9.79. The highest BCUT2D eigenvalue weighted by Gasteiger charge is 2.38. The third kappa shape index (κ3) is 3.69. The topological polar surface area (TPSA) is 24.5 Å².